The number of carbonyl (C=O) groups is 5. The predicted octanol–water partition coefficient (Wildman–Crippen LogP) is 1.68. The maximum Gasteiger partial charge on any atom is 0.289 e. The summed E-state index contributed by atoms with van der Waals surface area (Å²) in [4.78, 5) is 66.7. The van der Waals surface area contributed by atoms with Gasteiger partial charge in [0.2, 0.25) is 23.5 Å². The Bertz CT molecular complexity index is 1530. The molecule has 1 aromatic heterocycles. The molecule has 210 valence electrons. The lowest BCUT2D eigenvalue weighted by molar-refractivity contribution is -0.140. The Morgan fingerprint density at radius 1 is 0.732 bits per heavy atom. The topological polar surface area (TPSA) is 163 Å². The first-order valence-electron chi connectivity index (χ1n) is 13.1. The Morgan fingerprint density at radius 2 is 1.37 bits per heavy atom. The van der Waals surface area contributed by atoms with E-state index in [9.17, 15) is 24.0 Å². The van der Waals surface area contributed by atoms with Crippen molar-refractivity contribution in [2.45, 2.75) is 37.9 Å². The molecular weight excluding hydrogens is 522 g/mol. The number of benzene rings is 3. The van der Waals surface area contributed by atoms with Crippen LogP contribution in [-0.4, -0.2) is 46.5 Å². The zero-order valence-corrected chi connectivity index (χ0v) is 22.3. The number of aromatic amines is 1. The van der Waals surface area contributed by atoms with Gasteiger partial charge in [0.25, 0.3) is 5.91 Å². The number of fused-ring (bicyclic) bond motifs is 1. The van der Waals surface area contributed by atoms with Gasteiger partial charge in [-0.05, 0) is 22.8 Å². The largest absolute Gasteiger partial charge is 0.369 e. The number of hydrogen-bond donors (Lipinski definition) is 5. The molecule has 3 aromatic carbocycles. The third-order valence-electron chi connectivity index (χ3n) is 6.52. The van der Waals surface area contributed by atoms with Crippen molar-refractivity contribution >= 4 is 40.3 Å². The van der Waals surface area contributed by atoms with Crippen LogP contribution in [0.4, 0.5) is 0 Å². The summed E-state index contributed by atoms with van der Waals surface area (Å²) < 4.78 is 0. The van der Waals surface area contributed by atoms with Crippen LogP contribution < -0.4 is 21.7 Å². The third kappa shape index (κ3) is 8.12. The second-order valence-corrected chi connectivity index (χ2v) is 9.61. The maximum absolute atomic E-state index is 13.6. The zero-order valence-electron chi connectivity index (χ0n) is 22.3. The Balaban J connectivity index is 1.55. The predicted molar refractivity (Wildman–Crippen MR) is 153 cm³/mol. The SMILES string of the molecule is NC(=O)CC(=O)N[C@@H](Cc1c[nH]c2ccccc12)C(=O)N[C@@H](Cc1ccccc1)C(=O)C(=O)NCc1ccccc1. The number of hydrogen-bond acceptors (Lipinski definition) is 5. The van der Waals surface area contributed by atoms with Crippen molar-refractivity contribution in [3.63, 3.8) is 0 Å². The van der Waals surface area contributed by atoms with E-state index in [1.807, 2.05) is 60.7 Å². The first-order chi connectivity index (χ1) is 19.8. The molecule has 0 bridgehead atoms. The minimum Gasteiger partial charge on any atom is -0.369 e. The summed E-state index contributed by atoms with van der Waals surface area (Å²) >= 11 is 0. The van der Waals surface area contributed by atoms with Crippen LogP contribution in [0.25, 0.3) is 10.9 Å². The summed E-state index contributed by atoms with van der Waals surface area (Å²) in [5.74, 6) is -3.93. The summed E-state index contributed by atoms with van der Waals surface area (Å²) in [5, 5.41) is 8.70. The number of H-pyrrole nitrogens is 1. The number of nitrogens with two attached hydrogens (primary N) is 1. The molecule has 0 spiro atoms. The van der Waals surface area contributed by atoms with Gasteiger partial charge in [-0.1, -0.05) is 78.9 Å². The van der Waals surface area contributed by atoms with Gasteiger partial charge in [-0.15, -0.1) is 0 Å². The van der Waals surface area contributed by atoms with Gasteiger partial charge in [0, 0.05) is 36.5 Å². The summed E-state index contributed by atoms with van der Waals surface area (Å²) in [6, 6.07) is 23.2. The van der Waals surface area contributed by atoms with Crippen LogP contribution in [0.5, 0.6) is 0 Å². The molecule has 0 fully saturated rings. The number of Topliss-reactive ketones (excluding diaryl/α,β-unsaturated/α-hetero) is 1. The van der Waals surface area contributed by atoms with E-state index in [0.29, 0.717) is 0 Å². The van der Waals surface area contributed by atoms with Crippen molar-refractivity contribution < 1.29 is 24.0 Å². The van der Waals surface area contributed by atoms with Gasteiger partial charge in [-0.25, -0.2) is 0 Å². The van der Waals surface area contributed by atoms with Crippen molar-refractivity contribution in [3.8, 4) is 0 Å². The molecule has 41 heavy (non-hydrogen) atoms. The van der Waals surface area contributed by atoms with Crippen molar-refractivity contribution in [2.75, 3.05) is 0 Å². The number of amides is 4. The van der Waals surface area contributed by atoms with E-state index in [2.05, 4.69) is 20.9 Å². The van der Waals surface area contributed by atoms with Gasteiger partial charge in [-0.3, -0.25) is 24.0 Å². The minimum atomic E-state index is -1.21. The number of rotatable bonds is 13. The fourth-order valence-electron chi connectivity index (χ4n) is 4.49. The second-order valence-electron chi connectivity index (χ2n) is 9.61. The molecule has 2 atom stereocenters. The number of nitrogens with one attached hydrogen (secondary N) is 4. The molecule has 4 aromatic rings. The van der Waals surface area contributed by atoms with Gasteiger partial charge in [0.1, 0.15) is 18.5 Å². The second kappa shape index (κ2) is 13.7. The molecule has 0 saturated heterocycles. The van der Waals surface area contributed by atoms with Crippen molar-refractivity contribution in [3.05, 3.63) is 108 Å². The molecule has 6 N–H and O–H groups in total. The first-order valence-corrected chi connectivity index (χ1v) is 13.1. The van der Waals surface area contributed by atoms with Crippen LogP contribution in [0.2, 0.25) is 0 Å². The van der Waals surface area contributed by atoms with Gasteiger partial charge < -0.3 is 26.7 Å². The van der Waals surface area contributed by atoms with E-state index in [1.54, 1.807) is 30.5 Å². The van der Waals surface area contributed by atoms with Crippen LogP contribution >= 0.6 is 0 Å². The lowest BCUT2D eigenvalue weighted by atomic mass is 9.99. The lowest BCUT2D eigenvalue weighted by Gasteiger charge is -2.23. The average molecular weight is 554 g/mol. The first kappa shape index (κ1) is 28.8. The van der Waals surface area contributed by atoms with E-state index in [0.717, 1.165) is 27.6 Å². The standard InChI is InChI=1S/C31H31N5O5/c32-27(37)17-28(38)35-26(16-22-19-33-24-14-8-7-13-23(22)24)30(40)36-25(15-20-9-3-1-4-10-20)29(39)31(41)34-18-21-11-5-2-6-12-21/h1-14,19,25-26,33H,15-18H2,(H2,32,37)(H,34,41)(H,35,38)(H,36,40)/t25-,26-/m0/s1. The summed E-state index contributed by atoms with van der Waals surface area (Å²) in [5.41, 5.74) is 8.30. The highest BCUT2D eigenvalue weighted by atomic mass is 16.2. The quantitative estimate of drug-likeness (QED) is 0.125. The molecule has 0 aliphatic rings. The molecule has 1 heterocycles. The van der Waals surface area contributed by atoms with Crippen LogP contribution in [0.3, 0.4) is 0 Å². The summed E-state index contributed by atoms with van der Waals surface area (Å²) in [7, 11) is 0. The Kier molecular flexibility index (Phi) is 9.61. The summed E-state index contributed by atoms with van der Waals surface area (Å²) in [6.45, 7) is 0.143. The summed E-state index contributed by atoms with van der Waals surface area (Å²) in [6.07, 6.45) is 1.24. The fraction of sp³-hybridized carbons (Fsp3) is 0.194. The van der Waals surface area contributed by atoms with Gasteiger partial charge in [0.05, 0.1) is 0 Å². The van der Waals surface area contributed by atoms with Crippen LogP contribution in [0.15, 0.2) is 91.1 Å². The van der Waals surface area contributed by atoms with E-state index in [-0.39, 0.29) is 19.4 Å². The number of carbonyl (C=O) groups excluding carboxylic acids is 5. The van der Waals surface area contributed by atoms with Gasteiger partial charge >= 0.3 is 0 Å². The van der Waals surface area contributed by atoms with Crippen LogP contribution in [-0.2, 0) is 43.4 Å². The van der Waals surface area contributed by atoms with Crippen molar-refractivity contribution in [1.29, 1.82) is 0 Å². The molecule has 4 amide bonds. The molecule has 0 radical (unpaired) electrons. The Hall–Kier alpha value is -5.25. The minimum absolute atomic E-state index is 0.0548. The van der Waals surface area contributed by atoms with Crippen LogP contribution in [0, 0.1) is 0 Å². The monoisotopic (exact) mass is 553 g/mol. The highest BCUT2D eigenvalue weighted by molar-refractivity contribution is 6.38. The number of primary amides is 1. The van der Waals surface area contributed by atoms with E-state index in [4.69, 9.17) is 5.73 Å². The Morgan fingerprint density at radius 3 is 2.05 bits per heavy atom. The molecule has 0 saturated carbocycles. The molecule has 0 aliphatic heterocycles. The lowest BCUT2D eigenvalue weighted by Crippen LogP contribution is -2.55. The van der Waals surface area contributed by atoms with Crippen molar-refractivity contribution in [2.24, 2.45) is 5.73 Å². The molecule has 10 nitrogen and oxygen atoms in total. The highest BCUT2D eigenvalue weighted by Gasteiger charge is 2.31. The molecule has 4 rings (SSSR count). The fourth-order valence-corrected chi connectivity index (χ4v) is 4.49. The number of aromatic nitrogens is 1. The molecule has 0 aliphatic carbocycles. The highest BCUT2D eigenvalue weighted by Crippen LogP contribution is 2.19. The van der Waals surface area contributed by atoms with E-state index in [1.165, 1.54) is 0 Å². The number of para-hydroxylation sites is 1. The normalized spacial score (nSPS) is 12.2. The van der Waals surface area contributed by atoms with Gasteiger partial charge in [-0.2, -0.15) is 0 Å². The molecule has 0 unspecified atom stereocenters. The third-order valence-corrected chi connectivity index (χ3v) is 6.52. The smallest absolute Gasteiger partial charge is 0.289 e. The van der Waals surface area contributed by atoms with E-state index < -0.39 is 47.9 Å². The van der Waals surface area contributed by atoms with E-state index >= 15 is 0 Å². The van der Waals surface area contributed by atoms with Crippen LogP contribution in [0.1, 0.15) is 23.1 Å². The average Bonchev–Trinajstić information content (AvgIpc) is 3.38. The van der Waals surface area contributed by atoms with Crippen molar-refractivity contribution in [1.82, 2.24) is 20.9 Å². The zero-order chi connectivity index (χ0) is 29.2. The maximum atomic E-state index is 13.6. The Labute approximate surface area is 236 Å². The molecular formula is C31H31N5O5. The molecule has 10 heteroatoms. The number of ketones is 1. The van der Waals surface area contributed by atoms with Gasteiger partial charge in [0.15, 0.2) is 0 Å².